The number of nitrogens with two attached hydrogens (primary N) is 1. The van der Waals surface area contributed by atoms with Crippen LogP contribution in [-0.4, -0.2) is 65.1 Å². The lowest BCUT2D eigenvalue weighted by Gasteiger charge is -2.33. The predicted molar refractivity (Wildman–Crippen MR) is 79.8 cm³/mol. The van der Waals surface area contributed by atoms with E-state index in [1.165, 1.54) is 0 Å². The quantitative estimate of drug-likeness (QED) is 0.831. The van der Waals surface area contributed by atoms with Crippen molar-refractivity contribution in [1.29, 1.82) is 0 Å². The first-order valence-corrected chi connectivity index (χ1v) is 7.56. The van der Waals surface area contributed by atoms with Crippen molar-refractivity contribution in [3.63, 3.8) is 0 Å². The van der Waals surface area contributed by atoms with Gasteiger partial charge in [0.15, 0.2) is 0 Å². The second-order valence-corrected chi connectivity index (χ2v) is 5.70. The highest BCUT2D eigenvalue weighted by molar-refractivity contribution is 5.76. The van der Waals surface area contributed by atoms with Crippen LogP contribution in [0.15, 0.2) is 12.3 Å². The van der Waals surface area contributed by atoms with Crippen LogP contribution in [0.5, 0.6) is 0 Å². The Hall–Kier alpha value is -1.89. The van der Waals surface area contributed by atoms with E-state index in [0.29, 0.717) is 11.9 Å². The molecule has 0 radical (unpaired) electrons. The Kier molecular flexibility index (Phi) is 4.19. The minimum Gasteiger partial charge on any atom is -0.368 e. The monoisotopic (exact) mass is 290 g/mol. The van der Waals surface area contributed by atoms with Gasteiger partial charge in [0.05, 0.1) is 5.69 Å². The molecule has 7 nitrogen and oxygen atoms in total. The van der Waals surface area contributed by atoms with Crippen molar-refractivity contribution in [2.24, 2.45) is 0 Å². The number of likely N-dealkylation sites (tertiary alicyclic amines) is 1. The first-order valence-electron chi connectivity index (χ1n) is 7.56. The van der Waals surface area contributed by atoms with Crippen molar-refractivity contribution < 1.29 is 4.79 Å². The number of hydrogen-bond donors (Lipinski definition) is 2. The molecule has 1 aromatic rings. The Labute approximate surface area is 124 Å². The summed E-state index contributed by atoms with van der Waals surface area (Å²) in [4.78, 5) is 24.1. The van der Waals surface area contributed by atoms with Gasteiger partial charge in [-0.1, -0.05) is 0 Å². The molecule has 1 aromatic heterocycles. The Morgan fingerprint density at radius 1 is 1.38 bits per heavy atom. The molecule has 2 aliphatic rings. The first kappa shape index (κ1) is 14.1. The van der Waals surface area contributed by atoms with Gasteiger partial charge < -0.3 is 20.9 Å². The van der Waals surface area contributed by atoms with Crippen LogP contribution in [-0.2, 0) is 0 Å². The first-order chi connectivity index (χ1) is 10.2. The van der Waals surface area contributed by atoms with Crippen LogP contribution in [0.3, 0.4) is 0 Å². The Morgan fingerprint density at radius 3 is 3.05 bits per heavy atom. The number of rotatable bonds is 4. The van der Waals surface area contributed by atoms with Crippen molar-refractivity contribution in [3.8, 4) is 0 Å². The van der Waals surface area contributed by atoms with Gasteiger partial charge in [-0.15, -0.1) is 0 Å². The number of urea groups is 1. The summed E-state index contributed by atoms with van der Waals surface area (Å²) in [6.45, 7) is 5.37. The Morgan fingerprint density at radius 2 is 2.29 bits per heavy atom. The highest BCUT2D eigenvalue weighted by Gasteiger charge is 2.24. The van der Waals surface area contributed by atoms with Crippen molar-refractivity contribution in [1.82, 2.24) is 25.1 Å². The fourth-order valence-electron chi connectivity index (χ4n) is 3.10. The third kappa shape index (κ3) is 3.41. The number of piperidine rings is 1. The molecule has 3 N–H and O–H groups in total. The lowest BCUT2D eigenvalue weighted by Crippen LogP contribution is -2.41. The maximum absolute atomic E-state index is 11.5. The summed E-state index contributed by atoms with van der Waals surface area (Å²) in [5.41, 5.74) is 6.70. The third-order valence-corrected chi connectivity index (χ3v) is 4.25. The molecule has 2 saturated heterocycles. The number of carbonyl (C=O) groups excluding carboxylic acids is 1. The standard InChI is InChI=1S/C14H22N6O/c15-13-16-4-3-12(18-13)11-2-1-6-19(10-11)8-9-20-7-5-17-14(20)21/h3-4,11H,1-2,5-10H2,(H,17,21)(H2,15,16,18). The molecule has 7 heteroatoms. The molecule has 0 bridgehead atoms. The summed E-state index contributed by atoms with van der Waals surface area (Å²) in [6.07, 6.45) is 4.02. The van der Waals surface area contributed by atoms with Gasteiger partial charge in [-0.05, 0) is 25.5 Å². The average molecular weight is 290 g/mol. The zero-order valence-electron chi connectivity index (χ0n) is 12.2. The van der Waals surface area contributed by atoms with E-state index in [1.54, 1.807) is 6.20 Å². The maximum Gasteiger partial charge on any atom is 0.317 e. The third-order valence-electron chi connectivity index (χ3n) is 4.25. The van der Waals surface area contributed by atoms with Crippen LogP contribution >= 0.6 is 0 Å². The van der Waals surface area contributed by atoms with Crippen LogP contribution in [0.2, 0.25) is 0 Å². The molecule has 1 atom stereocenters. The summed E-state index contributed by atoms with van der Waals surface area (Å²) in [7, 11) is 0. The van der Waals surface area contributed by atoms with Crippen LogP contribution in [0.4, 0.5) is 10.7 Å². The van der Waals surface area contributed by atoms with Crippen LogP contribution in [0, 0.1) is 0 Å². The van der Waals surface area contributed by atoms with Crippen LogP contribution in [0.25, 0.3) is 0 Å². The fourth-order valence-corrected chi connectivity index (χ4v) is 3.10. The maximum atomic E-state index is 11.5. The normalized spacial score (nSPS) is 23.3. The van der Waals surface area contributed by atoms with E-state index in [9.17, 15) is 4.79 Å². The molecule has 0 saturated carbocycles. The van der Waals surface area contributed by atoms with Gasteiger partial charge in [0.25, 0.3) is 0 Å². The number of nitrogens with zero attached hydrogens (tertiary/aromatic N) is 4. The van der Waals surface area contributed by atoms with E-state index < -0.39 is 0 Å². The molecule has 2 aliphatic heterocycles. The molecule has 21 heavy (non-hydrogen) atoms. The molecule has 3 heterocycles. The Bertz CT molecular complexity index is 508. The smallest absolute Gasteiger partial charge is 0.317 e. The highest BCUT2D eigenvalue weighted by atomic mass is 16.2. The molecule has 0 spiro atoms. The SMILES string of the molecule is Nc1nccc(C2CCCN(CCN3CCNC3=O)C2)n1. The minimum atomic E-state index is 0.0622. The fraction of sp³-hybridized carbons (Fsp3) is 0.643. The lowest BCUT2D eigenvalue weighted by atomic mass is 9.94. The van der Waals surface area contributed by atoms with Crippen molar-refractivity contribution in [3.05, 3.63) is 18.0 Å². The molecule has 0 aliphatic carbocycles. The summed E-state index contributed by atoms with van der Waals surface area (Å²) in [5, 5.41) is 2.84. The number of hydrogen-bond acceptors (Lipinski definition) is 5. The Balaban J connectivity index is 1.54. The molecular formula is C14H22N6O. The number of amides is 2. The molecule has 3 rings (SSSR count). The van der Waals surface area contributed by atoms with E-state index in [-0.39, 0.29) is 6.03 Å². The topological polar surface area (TPSA) is 87.4 Å². The molecule has 0 aromatic carbocycles. The molecule has 114 valence electrons. The zero-order valence-corrected chi connectivity index (χ0v) is 12.2. The average Bonchev–Trinajstić information content (AvgIpc) is 2.91. The van der Waals surface area contributed by atoms with Gasteiger partial charge in [0.1, 0.15) is 0 Å². The summed E-state index contributed by atoms with van der Waals surface area (Å²) in [5.74, 6) is 0.759. The number of carbonyl (C=O) groups is 1. The number of nitrogens with one attached hydrogen (secondary N) is 1. The van der Waals surface area contributed by atoms with Crippen molar-refractivity contribution in [2.45, 2.75) is 18.8 Å². The number of aromatic nitrogens is 2. The number of anilines is 1. The van der Waals surface area contributed by atoms with Gasteiger partial charge >= 0.3 is 6.03 Å². The van der Waals surface area contributed by atoms with Crippen molar-refractivity contribution in [2.75, 3.05) is 45.0 Å². The van der Waals surface area contributed by atoms with E-state index in [1.807, 2.05) is 11.0 Å². The predicted octanol–water partition coefficient (Wildman–Crippen LogP) is 0.263. The van der Waals surface area contributed by atoms with Gasteiger partial charge in [-0.3, -0.25) is 0 Å². The van der Waals surface area contributed by atoms with Gasteiger partial charge in [-0.2, -0.15) is 0 Å². The largest absolute Gasteiger partial charge is 0.368 e. The highest BCUT2D eigenvalue weighted by Crippen LogP contribution is 2.25. The minimum absolute atomic E-state index is 0.0622. The van der Waals surface area contributed by atoms with E-state index >= 15 is 0 Å². The molecule has 1 unspecified atom stereocenters. The number of nitrogen functional groups attached to an aromatic ring is 1. The van der Waals surface area contributed by atoms with Gasteiger partial charge in [-0.25, -0.2) is 14.8 Å². The summed E-state index contributed by atoms with van der Waals surface area (Å²) < 4.78 is 0. The van der Waals surface area contributed by atoms with E-state index in [2.05, 4.69) is 20.2 Å². The van der Waals surface area contributed by atoms with E-state index in [0.717, 1.165) is 57.8 Å². The summed E-state index contributed by atoms with van der Waals surface area (Å²) in [6, 6.07) is 2.02. The van der Waals surface area contributed by atoms with Gasteiger partial charge in [0.2, 0.25) is 5.95 Å². The lowest BCUT2D eigenvalue weighted by molar-refractivity contribution is 0.177. The molecule has 2 fully saturated rings. The molecule has 2 amide bonds. The van der Waals surface area contributed by atoms with Gasteiger partial charge in [0, 0.05) is 44.8 Å². The second kappa shape index (κ2) is 6.26. The van der Waals surface area contributed by atoms with Crippen molar-refractivity contribution >= 4 is 12.0 Å². The second-order valence-electron chi connectivity index (χ2n) is 5.70. The van der Waals surface area contributed by atoms with Crippen LogP contribution < -0.4 is 11.1 Å². The van der Waals surface area contributed by atoms with Crippen LogP contribution in [0.1, 0.15) is 24.5 Å². The summed E-state index contributed by atoms with van der Waals surface area (Å²) >= 11 is 0. The van der Waals surface area contributed by atoms with E-state index in [4.69, 9.17) is 5.73 Å². The zero-order chi connectivity index (χ0) is 14.7. The molecular weight excluding hydrogens is 268 g/mol.